The molecule has 3 heteroatoms. The summed E-state index contributed by atoms with van der Waals surface area (Å²) in [5.41, 5.74) is 2.83. The van der Waals surface area contributed by atoms with Crippen LogP contribution >= 0.6 is 0 Å². The number of carbonyl (C=O) groups excluding carboxylic acids is 1. The van der Waals surface area contributed by atoms with Crippen molar-refractivity contribution in [3.05, 3.63) is 59.9 Å². The van der Waals surface area contributed by atoms with Gasteiger partial charge in [-0.15, -0.1) is 0 Å². The van der Waals surface area contributed by atoms with Crippen molar-refractivity contribution in [2.45, 2.75) is 32.1 Å². The van der Waals surface area contributed by atoms with Crippen LogP contribution in [-0.4, -0.2) is 15.6 Å². The standard InChI is InChI=1S/C17H18N2O/c20-17(13-14-7-3-1-4-8-14)16-11-12-18-19(16)15-9-5-2-6-10-15/h2,5-6,9-13H,1,3-4,7-8H2. The minimum atomic E-state index is 0.0586. The van der Waals surface area contributed by atoms with Gasteiger partial charge in [0, 0.05) is 0 Å². The molecule has 0 radical (unpaired) electrons. The molecule has 20 heavy (non-hydrogen) atoms. The van der Waals surface area contributed by atoms with Gasteiger partial charge in [0.15, 0.2) is 0 Å². The zero-order valence-corrected chi connectivity index (χ0v) is 11.5. The van der Waals surface area contributed by atoms with Crippen LogP contribution < -0.4 is 0 Å². The van der Waals surface area contributed by atoms with Gasteiger partial charge in [-0.3, -0.25) is 4.79 Å². The fraction of sp³-hybridized carbons (Fsp3) is 0.294. The zero-order chi connectivity index (χ0) is 13.8. The first kappa shape index (κ1) is 12.9. The maximum absolute atomic E-state index is 12.4. The molecule has 0 atom stereocenters. The molecule has 0 N–H and O–H groups in total. The Morgan fingerprint density at radius 1 is 1.05 bits per heavy atom. The number of carbonyl (C=O) groups is 1. The second-order valence-electron chi connectivity index (χ2n) is 5.19. The summed E-state index contributed by atoms with van der Waals surface area (Å²) >= 11 is 0. The quantitative estimate of drug-likeness (QED) is 0.623. The molecule has 1 heterocycles. The number of hydrogen-bond acceptors (Lipinski definition) is 2. The van der Waals surface area contributed by atoms with Gasteiger partial charge in [-0.05, 0) is 50.0 Å². The topological polar surface area (TPSA) is 34.9 Å². The Hall–Kier alpha value is -2.16. The molecule has 3 rings (SSSR count). The van der Waals surface area contributed by atoms with Gasteiger partial charge in [0.2, 0.25) is 5.78 Å². The lowest BCUT2D eigenvalue weighted by Crippen LogP contribution is -2.08. The third kappa shape index (κ3) is 2.72. The summed E-state index contributed by atoms with van der Waals surface area (Å²) in [5, 5.41) is 4.27. The number of para-hydroxylation sites is 1. The molecular weight excluding hydrogens is 248 g/mol. The lowest BCUT2D eigenvalue weighted by atomic mass is 9.94. The number of allylic oxidation sites excluding steroid dienone is 2. The number of ketones is 1. The first-order valence-electron chi connectivity index (χ1n) is 7.18. The largest absolute Gasteiger partial charge is 0.288 e. The number of benzene rings is 1. The molecule has 1 aliphatic carbocycles. The van der Waals surface area contributed by atoms with E-state index in [0.29, 0.717) is 5.69 Å². The monoisotopic (exact) mass is 266 g/mol. The van der Waals surface area contributed by atoms with Gasteiger partial charge >= 0.3 is 0 Å². The Balaban J connectivity index is 1.88. The molecule has 1 saturated carbocycles. The summed E-state index contributed by atoms with van der Waals surface area (Å²) in [6.45, 7) is 0. The molecule has 0 saturated heterocycles. The Kier molecular flexibility index (Phi) is 3.77. The highest BCUT2D eigenvalue weighted by Gasteiger charge is 2.13. The van der Waals surface area contributed by atoms with E-state index in [-0.39, 0.29) is 5.78 Å². The molecule has 102 valence electrons. The molecule has 1 aromatic heterocycles. The van der Waals surface area contributed by atoms with Crippen molar-refractivity contribution in [1.82, 2.24) is 9.78 Å². The van der Waals surface area contributed by atoms with Gasteiger partial charge < -0.3 is 0 Å². The molecule has 1 aliphatic rings. The Bertz CT molecular complexity index is 617. The van der Waals surface area contributed by atoms with Crippen LogP contribution in [0.1, 0.15) is 42.6 Å². The van der Waals surface area contributed by atoms with E-state index >= 15 is 0 Å². The van der Waals surface area contributed by atoms with E-state index in [9.17, 15) is 4.79 Å². The summed E-state index contributed by atoms with van der Waals surface area (Å²) in [5.74, 6) is 0.0586. The summed E-state index contributed by atoms with van der Waals surface area (Å²) in [7, 11) is 0. The smallest absolute Gasteiger partial charge is 0.204 e. The first-order valence-corrected chi connectivity index (χ1v) is 7.18. The van der Waals surface area contributed by atoms with Gasteiger partial charge in [0.05, 0.1) is 11.9 Å². The normalized spacial score (nSPS) is 15.1. The van der Waals surface area contributed by atoms with Crippen LogP contribution in [0.2, 0.25) is 0 Å². The lowest BCUT2D eigenvalue weighted by molar-refractivity contribution is 0.103. The zero-order valence-electron chi connectivity index (χ0n) is 11.5. The Morgan fingerprint density at radius 3 is 2.55 bits per heavy atom. The highest BCUT2D eigenvalue weighted by Crippen LogP contribution is 2.23. The first-order chi connectivity index (χ1) is 9.84. The fourth-order valence-electron chi connectivity index (χ4n) is 2.67. The van der Waals surface area contributed by atoms with Gasteiger partial charge in [-0.25, -0.2) is 4.68 Å². The van der Waals surface area contributed by atoms with Crippen molar-refractivity contribution in [3.8, 4) is 5.69 Å². The lowest BCUT2D eigenvalue weighted by Gasteiger charge is -2.13. The van der Waals surface area contributed by atoms with E-state index < -0.39 is 0 Å². The van der Waals surface area contributed by atoms with E-state index in [4.69, 9.17) is 0 Å². The van der Waals surface area contributed by atoms with Crippen LogP contribution in [0, 0.1) is 0 Å². The van der Waals surface area contributed by atoms with Crippen molar-refractivity contribution >= 4 is 5.78 Å². The summed E-state index contributed by atoms with van der Waals surface area (Å²) in [4.78, 5) is 12.4. The molecule has 0 amide bonds. The highest BCUT2D eigenvalue weighted by molar-refractivity contribution is 6.04. The molecular formula is C17H18N2O. The summed E-state index contributed by atoms with van der Waals surface area (Å²) in [6.07, 6.45) is 9.31. The van der Waals surface area contributed by atoms with Crippen molar-refractivity contribution in [1.29, 1.82) is 0 Å². The van der Waals surface area contributed by atoms with Crippen molar-refractivity contribution < 1.29 is 4.79 Å². The molecule has 0 aliphatic heterocycles. The number of hydrogen-bond donors (Lipinski definition) is 0. The predicted molar refractivity (Wildman–Crippen MR) is 79.1 cm³/mol. The molecule has 3 nitrogen and oxygen atoms in total. The van der Waals surface area contributed by atoms with Crippen LogP contribution in [0.3, 0.4) is 0 Å². The maximum Gasteiger partial charge on any atom is 0.204 e. The van der Waals surface area contributed by atoms with Crippen LogP contribution in [0.15, 0.2) is 54.2 Å². The molecule has 2 aromatic rings. The second-order valence-corrected chi connectivity index (χ2v) is 5.19. The van der Waals surface area contributed by atoms with Gasteiger partial charge in [-0.2, -0.15) is 5.10 Å². The molecule has 1 aromatic carbocycles. The van der Waals surface area contributed by atoms with Gasteiger partial charge in [0.25, 0.3) is 0 Å². The molecule has 0 unspecified atom stereocenters. The molecule has 0 spiro atoms. The SMILES string of the molecule is O=C(C=C1CCCCC1)c1ccnn1-c1ccccc1. The van der Waals surface area contributed by atoms with Crippen LogP contribution in [0.4, 0.5) is 0 Å². The molecule has 0 bridgehead atoms. The average Bonchev–Trinajstić information content (AvgIpc) is 2.99. The highest BCUT2D eigenvalue weighted by atomic mass is 16.1. The van der Waals surface area contributed by atoms with E-state index in [0.717, 1.165) is 18.5 Å². The fourth-order valence-corrected chi connectivity index (χ4v) is 2.67. The Labute approximate surface area is 118 Å². The third-order valence-electron chi connectivity index (χ3n) is 3.73. The minimum absolute atomic E-state index is 0.0586. The summed E-state index contributed by atoms with van der Waals surface area (Å²) in [6, 6.07) is 11.6. The van der Waals surface area contributed by atoms with E-state index in [1.54, 1.807) is 16.9 Å². The van der Waals surface area contributed by atoms with E-state index in [1.165, 1.54) is 24.8 Å². The van der Waals surface area contributed by atoms with Gasteiger partial charge in [-0.1, -0.05) is 30.2 Å². The van der Waals surface area contributed by atoms with Crippen molar-refractivity contribution in [2.24, 2.45) is 0 Å². The minimum Gasteiger partial charge on any atom is -0.288 e. The van der Waals surface area contributed by atoms with Crippen LogP contribution in [-0.2, 0) is 0 Å². The van der Waals surface area contributed by atoms with E-state index in [1.807, 2.05) is 36.4 Å². The number of aromatic nitrogens is 2. The number of nitrogens with zero attached hydrogens (tertiary/aromatic N) is 2. The Morgan fingerprint density at radius 2 is 1.80 bits per heavy atom. The predicted octanol–water partition coefficient (Wildman–Crippen LogP) is 3.95. The van der Waals surface area contributed by atoms with Crippen molar-refractivity contribution in [2.75, 3.05) is 0 Å². The number of rotatable bonds is 3. The van der Waals surface area contributed by atoms with Crippen molar-refractivity contribution in [3.63, 3.8) is 0 Å². The second kappa shape index (κ2) is 5.87. The van der Waals surface area contributed by atoms with E-state index in [2.05, 4.69) is 5.10 Å². The van der Waals surface area contributed by atoms with Crippen LogP contribution in [0.5, 0.6) is 0 Å². The summed E-state index contributed by atoms with van der Waals surface area (Å²) < 4.78 is 1.71. The molecule has 1 fully saturated rings. The third-order valence-corrected chi connectivity index (χ3v) is 3.73. The maximum atomic E-state index is 12.4. The van der Waals surface area contributed by atoms with Crippen LogP contribution in [0.25, 0.3) is 5.69 Å². The van der Waals surface area contributed by atoms with Gasteiger partial charge in [0.1, 0.15) is 5.69 Å². The average molecular weight is 266 g/mol.